The van der Waals surface area contributed by atoms with Crippen LogP contribution in [0.4, 0.5) is 5.69 Å². The van der Waals surface area contributed by atoms with E-state index in [1.165, 1.54) is 6.07 Å². The topological polar surface area (TPSA) is 69.7 Å². The molecule has 2 aromatic rings. The average molecular weight is 416 g/mol. The molecule has 1 heterocycles. The molecule has 0 unspecified atom stereocenters. The Morgan fingerprint density at radius 1 is 1.00 bits per heavy atom. The summed E-state index contributed by atoms with van der Waals surface area (Å²) in [4.78, 5) is 14.8. The van der Waals surface area contributed by atoms with Gasteiger partial charge in [-0.25, -0.2) is 8.42 Å². The van der Waals surface area contributed by atoms with Gasteiger partial charge in [-0.1, -0.05) is 31.0 Å². The Morgan fingerprint density at radius 2 is 1.69 bits per heavy atom. The van der Waals surface area contributed by atoms with Crippen LogP contribution in [0.15, 0.2) is 53.4 Å². The minimum Gasteiger partial charge on any atom is -0.378 e. The number of nitrogens with one attached hydrogen (secondary N) is 1. The molecule has 2 aromatic carbocycles. The normalized spacial score (nSPS) is 15.5. The first-order valence-corrected chi connectivity index (χ1v) is 11.5. The third-order valence-corrected chi connectivity index (χ3v) is 7.07. The minimum absolute atomic E-state index is 0.182. The van der Waals surface area contributed by atoms with Crippen molar-refractivity contribution in [2.75, 3.05) is 32.1 Å². The van der Waals surface area contributed by atoms with Gasteiger partial charge in [-0.05, 0) is 48.7 Å². The third-order valence-electron chi connectivity index (χ3n) is 5.18. The van der Waals surface area contributed by atoms with Crippen molar-refractivity contribution in [3.8, 4) is 0 Å². The maximum absolute atomic E-state index is 13.0. The maximum atomic E-state index is 13.0. The lowest BCUT2D eigenvalue weighted by molar-refractivity contribution is 0.0950. The van der Waals surface area contributed by atoms with E-state index in [9.17, 15) is 13.2 Å². The van der Waals surface area contributed by atoms with Crippen LogP contribution in [-0.4, -0.2) is 45.8 Å². The molecule has 7 heteroatoms. The monoisotopic (exact) mass is 415 g/mol. The molecular formula is C22H29N3O3S. The Bertz CT molecular complexity index is 949. The zero-order valence-electron chi connectivity index (χ0n) is 17.1. The van der Waals surface area contributed by atoms with E-state index in [0.29, 0.717) is 25.2 Å². The smallest absolute Gasteiger partial charge is 0.251 e. The second-order valence-corrected chi connectivity index (χ2v) is 9.53. The van der Waals surface area contributed by atoms with Crippen LogP contribution in [0.5, 0.6) is 0 Å². The number of benzene rings is 2. The van der Waals surface area contributed by atoms with Crippen LogP contribution < -0.4 is 10.2 Å². The molecule has 156 valence electrons. The molecule has 1 aliphatic rings. The van der Waals surface area contributed by atoms with Crippen molar-refractivity contribution in [1.82, 2.24) is 9.62 Å². The summed E-state index contributed by atoms with van der Waals surface area (Å²) in [6.07, 6.45) is 3.88. The third kappa shape index (κ3) is 5.36. The lowest BCUT2D eigenvalue weighted by Gasteiger charge is -2.20. The molecule has 1 aliphatic heterocycles. The van der Waals surface area contributed by atoms with Gasteiger partial charge in [0, 0.05) is 45.0 Å². The van der Waals surface area contributed by atoms with Crippen LogP contribution in [0.25, 0.3) is 0 Å². The highest BCUT2D eigenvalue weighted by atomic mass is 32.2. The number of hydrogen-bond acceptors (Lipinski definition) is 4. The van der Waals surface area contributed by atoms with Crippen LogP contribution in [0.1, 0.15) is 41.6 Å². The lowest BCUT2D eigenvalue weighted by atomic mass is 10.1. The Kier molecular flexibility index (Phi) is 6.92. The van der Waals surface area contributed by atoms with Crippen molar-refractivity contribution >= 4 is 21.6 Å². The molecule has 1 saturated heterocycles. The van der Waals surface area contributed by atoms with Crippen LogP contribution >= 0.6 is 0 Å². The summed E-state index contributed by atoms with van der Waals surface area (Å²) in [5, 5.41) is 2.88. The Hall–Kier alpha value is -2.38. The first-order valence-electron chi connectivity index (χ1n) is 10.0. The summed E-state index contributed by atoms with van der Waals surface area (Å²) in [5.74, 6) is -0.284. The molecular weight excluding hydrogens is 386 g/mol. The van der Waals surface area contributed by atoms with Crippen LogP contribution in [0.3, 0.4) is 0 Å². The Balaban J connectivity index is 1.71. The maximum Gasteiger partial charge on any atom is 0.251 e. The van der Waals surface area contributed by atoms with Crippen molar-refractivity contribution in [2.24, 2.45) is 0 Å². The van der Waals surface area contributed by atoms with Gasteiger partial charge in [-0.3, -0.25) is 4.79 Å². The van der Waals surface area contributed by atoms with Crippen molar-refractivity contribution in [3.63, 3.8) is 0 Å². The summed E-state index contributed by atoms with van der Waals surface area (Å²) in [5.41, 5.74) is 2.39. The van der Waals surface area contributed by atoms with E-state index >= 15 is 0 Å². The molecule has 0 aromatic heterocycles. The summed E-state index contributed by atoms with van der Waals surface area (Å²) in [6, 6.07) is 14.2. The highest BCUT2D eigenvalue weighted by molar-refractivity contribution is 7.89. The first kappa shape index (κ1) is 21.3. The summed E-state index contributed by atoms with van der Waals surface area (Å²) < 4.78 is 27.5. The SMILES string of the molecule is CN(C)c1cccc(CNC(=O)c2cccc(S(=O)(=O)N3CCCCCC3)c2)c1. The fourth-order valence-electron chi connectivity index (χ4n) is 3.46. The molecule has 0 radical (unpaired) electrons. The second-order valence-electron chi connectivity index (χ2n) is 7.59. The van der Waals surface area contributed by atoms with Crippen molar-refractivity contribution < 1.29 is 13.2 Å². The number of hydrogen-bond donors (Lipinski definition) is 1. The quantitative estimate of drug-likeness (QED) is 0.786. The van der Waals surface area contributed by atoms with Crippen molar-refractivity contribution in [1.29, 1.82) is 0 Å². The van der Waals surface area contributed by atoms with Gasteiger partial charge in [-0.2, -0.15) is 4.31 Å². The van der Waals surface area contributed by atoms with E-state index < -0.39 is 10.0 Å². The van der Waals surface area contributed by atoms with Gasteiger partial charge >= 0.3 is 0 Å². The van der Waals surface area contributed by atoms with Crippen molar-refractivity contribution in [3.05, 3.63) is 59.7 Å². The molecule has 1 fully saturated rings. The summed E-state index contributed by atoms with van der Waals surface area (Å²) in [7, 11) is 0.357. The minimum atomic E-state index is -3.58. The summed E-state index contributed by atoms with van der Waals surface area (Å²) in [6.45, 7) is 1.46. The standard InChI is InChI=1S/C22H29N3O3S/c1-24(2)20-11-7-9-18(15-20)17-23-22(26)19-10-8-12-21(16-19)29(27,28)25-13-5-3-4-6-14-25/h7-12,15-16H,3-6,13-14,17H2,1-2H3,(H,23,26). The molecule has 0 atom stereocenters. The van der Waals surface area contributed by atoms with Gasteiger partial charge in [0.05, 0.1) is 4.90 Å². The number of amides is 1. The van der Waals surface area contributed by atoms with E-state index in [4.69, 9.17) is 0 Å². The molecule has 29 heavy (non-hydrogen) atoms. The second kappa shape index (κ2) is 9.41. The van der Waals surface area contributed by atoms with Crippen LogP contribution in [0.2, 0.25) is 0 Å². The number of carbonyl (C=O) groups excluding carboxylic acids is 1. The zero-order valence-corrected chi connectivity index (χ0v) is 17.9. The van der Waals surface area contributed by atoms with E-state index in [2.05, 4.69) is 5.32 Å². The molecule has 3 rings (SSSR count). The zero-order chi connectivity index (χ0) is 20.9. The van der Waals surface area contributed by atoms with Crippen LogP contribution in [0, 0.1) is 0 Å². The molecule has 1 N–H and O–H groups in total. The fourth-order valence-corrected chi connectivity index (χ4v) is 5.02. The van der Waals surface area contributed by atoms with Gasteiger partial charge in [0.1, 0.15) is 0 Å². The predicted octanol–water partition coefficient (Wildman–Crippen LogP) is 3.25. The Labute approximate surface area is 173 Å². The van der Waals surface area contributed by atoms with E-state index in [0.717, 1.165) is 36.9 Å². The number of sulfonamides is 1. The molecule has 0 spiro atoms. The largest absolute Gasteiger partial charge is 0.378 e. The van der Waals surface area contributed by atoms with Gasteiger partial charge in [-0.15, -0.1) is 0 Å². The summed E-state index contributed by atoms with van der Waals surface area (Å²) >= 11 is 0. The lowest BCUT2D eigenvalue weighted by Crippen LogP contribution is -2.32. The predicted molar refractivity (Wildman–Crippen MR) is 116 cm³/mol. The average Bonchev–Trinajstić information content (AvgIpc) is 3.02. The Morgan fingerprint density at radius 3 is 2.38 bits per heavy atom. The van der Waals surface area contributed by atoms with E-state index in [1.807, 2.05) is 43.3 Å². The van der Waals surface area contributed by atoms with Gasteiger partial charge in [0.15, 0.2) is 0 Å². The van der Waals surface area contributed by atoms with Gasteiger partial charge < -0.3 is 10.2 Å². The van der Waals surface area contributed by atoms with Gasteiger partial charge in [0.25, 0.3) is 5.91 Å². The number of rotatable bonds is 6. The molecule has 1 amide bonds. The molecule has 0 aliphatic carbocycles. The molecule has 6 nitrogen and oxygen atoms in total. The molecule has 0 bridgehead atoms. The molecule has 0 saturated carbocycles. The fraction of sp³-hybridized carbons (Fsp3) is 0.409. The number of nitrogens with zero attached hydrogens (tertiary/aromatic N) is 2. The highest BCUT2D eigenvalue weighted by Crippen LogP contribution is 2.21. The number of anilines is 1. The van der Waals surface area contributed by atoms with Gasteiger partial charge in [0.2, 0.25) is 10.0 Å². The number of carbonyl (C=O) groups is 1. The highest BCUT2D eigenvalue weighted by Gasteiger charge is 2.25. The van der Waals surface area contributed by atoms with E-state index in [1.54, 1.807) is 22.5 Å². The first-order chi connectivity index (χ1) is 13.9. The van der Waals surface area contributed by atoms with Crippen molar-refractivity contribution in [2.45, 2.75) is 37.1 Å². The van der Waals surface area contributed by atoms with Crippen LogP contribution in [-0.2, 0) is 16.6 Å². The van der Waals surface area contributed by atoms with E-state index in [-0.39, 0.29) is 10.8 Å².